The van der Waals surface area contributed by atoms with E-state index in [-0.39, 0.29) is 0 Å². The Labute approximate surface area is 127 Å². The molecule has 1 aliphatic rings. The lowest BCUT2D eigenvalue weighted by Crippen LogP contribution is -2.17. The van der Waals surface area contributed by atoms with E-state index in [2.05, 4.69) is 50.5 Å². The molecular weight excluding hydrogens is 318 g/mol. The minimum absolute atomic E-state index is 0.589. The minimum atomic E-state index is 0.589. The van der Waals surface area contributed by atoms with Crippen LogP contribution in [0.5, 0.6) is 0 Å². The van der Waals surface area contributed by atoms with Crippen LogP contribution in [0.4, 0.5) is 0 Å². The number of hydrogen-bond acceptors (Lipinski definition) is 4. The van der Waals surface area contributed by atoms with Crippen molar-refractivity contribution >= 4 is 15.9 Å². The molecule has 0 radical (unpaired) electrons. The Hall–Kier alpha value is -1.20. The van der Waals surface area contributed by atoms with E-state index in [9.17, 15) is 0 Å². The van der Waals surface area contributed by atoms with Crippen molar-refractivity contribution in [2.24, 2.45) is 0 Å². The fraction of sp³-hybridized carbons (Fsp3) is 0.467. The Morgan fingerprint density at radius 1 is 1.35 bits per heavy atom. The summed E-state index contributed by atoms with van der Waals surface area (Å²) in [7, 11) is 0. The van der Waals surface area contributed by atoms with Crippen LogP contribution in [0.3, 0.4) is 0 Å². The van der Waals surface area contributed by atoms with Crippen LogP contribution in [0.2, 0.25) is 0 Å². The molecule has 1 aromatic carbocycles. The monoisotopic (exact) mass is 335 g/mol. The second-order valence-electron chi connectivity index (χ2n) is 5.32. The number of benzene rings is 1. The van der Waals surface area contributed by atoms with Crippen LogP contribution in [-0.2, 0) is 6.42 Å². The molecule has 0 saturated heterocycles. The molecule has 1 fully saturated rings. The summed E-state index contributed by atoms with van der Waals surface area (Å²) in [4.78, 5) is 0. The van der Waals surface area contributed by atoms with Crippen LogP contribution in [0, 0.1) is 6.92 Å². The van der Waals surface area contributed by atoms with Gasteiger partial charge in [-0.3, -0.25) is 0 Å². The van der Waals surface area contributed by atoms with Crippen molar-refractivity contribution in [2.45, 2.75) is 38.6 Å². The Bertz CT molecular complexity index is 593. The van der Waals surface area contributed by atoms with Gasteiger partial charge in [-0.25, -0.2) is 0 Å². The van der Waals surface area contributed by atoms with Crippen molar-refractivity contribution in [2.75, 3.05) is 6.54 Å². The first-order valence-corrected chi connectivity index (χ1v) is 7.84. The first-order chi connectivity index (χ1) is 9.72. The van der Waals surface area contributed by atoms with Crippen molar-refractivity contribution in [1.29, 1.82) is 0 Å². The fourth-order valence-corrected chi connectivity index (χ4v) is 2.52. The molecule has 0 unspecified atom stereocenters. The van der Waals surface area contributed by atoms with Gasteiger partial charge >= 0.3 is 0 Å². The van der Waals surface area contributed by atoms with Gasteiger partial charge in [0.1, 0.15) is 0 Å². The molecule has 106 valence electrons. The van der Waals surface area contributed by atoms with Gasteiger partial charge in [0.2, 0.25) is 11.8 Å². The van der Waals surface area contributed by atoms with Crippen molar-refractivity contribution in [3.63, 3.8) is 0 Å². The number of nitrogens with zero attached hydrogens (tertiary/aromatic N) is 2. The predicted molar refractivity (Wildman–Crippen MR) is 81.5 cm³/mol. The quantitative estimate of drug-likeness (QED) is 0.821. The third-order valence-electron chi connectivity index (χ3n) is 3.40. The highest BCUT2D eigenvalue weighted by Crippen LogP contribution is 2.28. The van der Waals surface area contributed by atoms with E-state index < -0.39 is 0 Å². The maximum absolute atomic E-state index is 5.75. The van der Waals surface area contributed by atoms with Crippen LogP contribution in [0.25, 0.3) is 11.5 Å². The van der Waals surface area contributed by atoms with Gasteiger partial charge in [-0.2, -0.15) is 0 Å². The Balaban J connectivity index is 1.61. The Kier molecular flexibility index (Phi) is 4.17. The van der Waals surface area contributed by atoms with Gasteiger partial charge in [-0.05, 0) is 60.8 Å². The molecule has 5 heteroatoms. The van der Waals surface area contributed by atoms with E-state index in [1.165, 1.54) is 18.4 Å². The third kappa shape index (κ3) is 3.46. The van der Waals surface area contributed by atoms with Crippen molar-refractivity contribution < 1.29 is 4.42 Å². The zero-order valence-corrected chi connectivity index (χ0v) is 13.1. The molecule has 0 aliphatic heterocycles. The average Bonchev–Trinajstić information content (AvgIpc) is 3.15. The number of aromatic nitrogens is 2. The first-order valence-electron chi connectivity index (χ1n) is 7.04. The van der Waals surface area contributed by atoms with Gasteiger partial charge < -0.3 is 9.73 Å². The lowest BCUT2D eigenvalue weighted by molar-refractivity contribution is 0.490. The van der Waals surface area contributed by atoms with Crippen molar-refractivity contribution in [3.05, 3.63) is 34.1 Å². The van der Waals surface area contributed by atoms with Gasteiger partial charge in [0.15, 0.2) is 0 Å². The summed E-state index contributed by atoms with van der Waals surface area (Å²) < 4.78 is 6.73. The highest BCUT2D eigenvalue weighted by atomic mass is 79.9. The lowest BCUT2D eigenvalue weighted by Gasteiger charge is -2.01. The van der Waals surface area contributed by atoms with Gasteiger partial charge in [0, 0.05) is 16.9 Å². The normalized spacial score (nSPS) is 14.7. The molecule has 1 saturated carbocycles. The van der Waals surface area contributed by atoms with E-state index in [0.717, 1.165) is 35.5 Å². The van der Waals surface area contributed by atoms with Crippen molar-refractivity contribution in [3.8, 4) is 11.5 Å². The number of nitrogens with one attached hydrogen (secondary N) is 1. The summed E-state index contributed by atoms with van der Waals surface area (Å²) in [6, 6.07) is 6.87. The molecule has 2 aromatic rings. The molecule has 0 bridgehead atoms. The zero-order valence-electron chi connectivity index (χ0n) is 11.5. The molecule has 1 N–H and O–H groups in total. The van der Waals surface area contributed by atoms with Crippen LogP contribution in [0.15, 0.2) is 27.1 Å². The van der Waals surface area contributed by atoms with E-state index in [1.54, 1.807) is 0 Å². The topological polar surface area (TPSA) is 51.0 Å². The molecule has 1 heterocycles. The molecule has 4 nitrogen and oxygen atoms in total. The Morgan fingerprint density at radius 2 is 2.20 bits per heavy atom. The van der Waals surface area contributed by atoms with Crippen LogP contribution in [-0.4, -0.2) is 22.8 Å². The molecule has 0 atom stereocenters. The molecule has 20 heavy (non-hydrogen) atoms. The predicted octanol–water partition coefficient (Wildman–Crippen LogP) is 3.49. The minimum Gasteiger partial charge on any atom is -0.421 e. The SMILES string of the molecule is Cc1ccc(Br)c(-c2nnc(CCCNC3CC3)o2)c1. The van der Waals surface area contributed by atoms with Crippen LogP contribution < -0.4 is 5.32 Å². The molecule has 3 rings (SSSR count). The molecular formula is C15H18BrN3O. The average molecular weight is 336 g/mol. The van der Waals surface area contributed by atoms with Crippen LogP contribution >= 0.6 is 15.9 Å². The standard InChI is InChI=1S/C15H18BrN3O/c1-10-4-7-13(16)12(9-10)15-19-18-14(20-15)3-2-8-17-11-5-6-11/h4,7,9,11,17H,2-3,5-6,8H2,1H3. The van der Waals surface area contributed by atoms with E-state index in [4.69, 9.17) is 4.42 Å². The molecule has 1 aromatic heterocycles. The van der Waals surface area contributed by atoms with E-state index in [0.29, 0.717) is 11.8 Å². The van der Waals surface area contributed by atoms with Gasteiger partial charge in [-0.1, -0.05) is 11.6 Å². The summed E-state index contributed by atoms with van der Waals surface area (Å²) in [5, 5.41) is 11.8. The summed E-state index contributed by atoms with van der Waals surface area (Å²) in [6.45, 7) is 3.08. The van der Waals surface area contributed by atoms with E-state index in [1.807, 2.05) is 6.07 Å². The van der Waals surface area contributed by atoms with Gasteiger partial charge in [-0.15, -0.1) is 10.2 Å². The lowest BCUT2D eigenvalue weighted by atomic mass is 10.1. The number of rotatable bonds is 6. The van der Waals surface area contributed by atoms with Crippen molar-refractivity contribution in [1.82, 2.24) is 15.5 Å². The number of halogens is 1. The Morgan fingerprint density at radius 3 is 3.00 bits per heavy atom. The zero-order chi connectivity index (χ0) is 13.9. The smallest absolute Gasteiger partial charge is 0.248 e. The van der Waals surface area contributed by atoms with E-state index >= 15 is 0 Å². The largest absolute Gasteiger partial charge is 0.421 e. The summed E-state index contributed by atoms with van der Waals surface area (Å²) >= 11 is 3.53. The molecule has 0 amide bonds. The third-order valence-corrected chi connectivity index (χ3v) is 4.09. The second-order valence-corrected chi connectivity index (χ2v) is 6.17. The van der Waals surface area contributed by atoms with Gasteiger partial charge in [0.25, 0.3) is 0 Å². The maximum Gasteiger partial charge on any atom is 0.248 e. The van der Waals surface area contributed by atoms with Crippen LogP contribution in [0.1, 0.15) is 30.7 Å². The number of hydrogen-bond donors (Lipinski definition) is 1. The summed E-state index contributed by atoms with van der Waals surface area (Å²) in [5.41, 5.74) is 2.14. The number of aryl methyl sites for hydroxylation is 2. The summed E-state index contributed by atoms with van der Waals surface area (Å²) in [6.07, 6.45) is 4.52. The highest BCUT2D eigenvalue weighted by molar-refractivity contribution is 9.10. The second kappa shape index (κ2) is 6.06. The molecule has 0 spiro atoms. The fourth-order valence-electron chi connectivity index (χ4n) is 2.10. The summed E-state index contributed by atoms with van der Waals surface area (Å²) in [5.74, 6) is 1.30. The van der Waals surface area contributed by atoms with Gasteiger partial charge in [0.05, 0.1) is 5.56 Å². The first kappa shape index (κ1) is 13.8. The maximum atomic E-state index is 5.75. The highest BCUT2D eigenvalue weighted by Gasteiger charge is 2.19. The molecule has 1 aliphatic carbocycles.